The Kier molecular flexibility index (Phi) is 3.26. The van der Waals surface area contributed by atoms with Gasteiger partial charge in [0, 0.05) is 5.39 Å². The largest absolute Gasteiger partial charge is 0.506 e. The summed E-state index contributed by atoms with van der Waals surface area (Å²) >= 11 is 0. The second kappa shape index (κ2) is 4.45. The molecular formula is C11H13NO. The molecule has 68 valence electrons. The van der Waals surface area contributed by atoms with E-state index in [1.807, 2.05) is 38.1 Å². The van der Waals surface area contributed by atoms with Crippen molar-refractivity contribution in [3.63, 3.8) is 0 Å². The molecule has 0 bridgehead atoms. The van der Waals surface area contributed by atoms with E-state index in [0.29, 0.717) is 0 Å². The predicted molar refractivity (Wildman–Crippen MR) is 54.8 cm³/mol. The quantitative estimate of drug-likeness (QED) is 0.667. The van der Waals surface area contributed by atoms with Crippen LogP contribution >= 0.6 is 0 Å². The third-order valence-electron chi connectivity index (χ3n) is 1.58. The Morgan fingerprint density at radius 1 is 1.15 bits per heavy atom. The van der Waals surface area contributed by atoms with Crippen LogP contribution in [-0.2, 0) is 0 Å². The van der Waals surface area contributed by atoms with E-state index < -0.39 is 0 Å². The van der Waals surface area contributed by atoms with Crippen LogP contribution in [-0.4, -0.2) is 10.1 Å². The third-order valence-corrected chi connectivity index (χ3v) is 1.58. The maximum absolute atomic E-state index is 9.07. The van der Waals surface area contributed by atoms with Gasteiger partial charge < -0.3 is 5.11 Å². The first-order valence-corrected chi connectivity index (χ1v) is 4.40. The van der Waals surface area contributed by atoms with Gasteiger partial charge in [-0.1, -0.05) is 32.0 Å². The van der Waals surface area contributed by atoms with Gasteiger partial charge in [0.05, 0.1) is 11.7 Å². The van der Waals surface area contributed by atoms with E-state index in [9.17, 15) is 0 Å². The number of hydrogen-bond acceptors (Lipinski definition) is 2. The van der Waals surface area contributed by atoms with Gasteiger partial charge in [-0.25, -0.2) is 0 Å². The van der Waals surface area contributed by atoms with Crippen molar-refractivity contribution in [3.05, 3.63) is 36.5 Å². The Labute approximate surface area is 77.9 Å². The first kappa shape index (κ1) is 9.52. The Morgan fingerprint density at radius 3 is 2.62 bits per heavy atom. The van der Waals surface area contributed by atoms with Gasteiger partial charge in [0.15, 0.2) is 0 Å². The Morgan fingerprint density at radius 2 is 1.85 bits per heavy atom. The average molecular weight is 175 g/mol. The van der Waals surface area contributed by atoms with Crippen LogP contribution < -0.4 is 0 Å². The number of aromatic nitrogens is 1. The van der Waals surface area contributed by atoms with Gasteiger partial charge >= 0.3 is 0 Å². The fourth-order valence-electron chi connectivity index (χ4n) is 1.06. The van der Waals surface area contributed by atoms with Crippen LogP contribution in [0.2, 0.25) is 0 Å². The topological polar surface area (TPSA) is 33.1 Å². The van der Waals surface area contributed by atoms with Crippen molar-refractivity contribution in [2.45, 2.75) is 13.8 Å². The lowest BCUT2D eigenvalue weighted by Crippen LogP contribution is -1.75. The zero-order valence-corrected chi connectivity index (χ0v) is 7.86. The van der Waals surface area contributed by atoms with Gasteiger partial charge in [-0.2, -0.15) is 0 Å². The minimum atomic E-state index is 0.212. The van der Waals surface area contributed by atoms with Crippen molar-refractivity contribution < 1.29 is 5.11 Å². The molecule has 2 heteroatoms. The van der Waals surface area contributed by atoms with E-state index in [-0.39, 0.29) is 5.75 Å². The molecule has 2 nitrogen and oxygen atoms in total. The molecule has 0 aliphatic heterocycles. The van der Waals surface area contributed by atoms with Crippen LogP contribution in [0.15, 0.2) is 36.5 Å². The van der Waals surface area contributed by atoms with Gasteiger partial charge in [0.2, 0.25) is 0 Å². The van der Waals surface area contributed by atoms with Crippen LogP contribution in [0.25, 0.3) is 10.9 Å². The average Bonchev–Trinajstić information content (AvgIpc) is 2.21. The molecule has 0 atom stereocenters. The zero-order chi connectivity index (χ0) is 9.68. The molecule has 13 heavy (non-hydrogen) atoms. The maximum Gasteiger partial charge on any atom is 0.134 e. The molecule has 1 aromatic carbocycles. The van der Waals surface area contributed by atoms with Gasteiger partial charge in [-0.15, -0.1) is 0 Å². The number of para-hydroxylation sites is 1. The molecule has 0 radical (unpaired) electrons. The monoisotopic (exact) mass is 175 g/mol. The van der Waals surface area contributed by atoms with E-state index in [0.717, 1.165) is 10.9 Å². The molecule has 1 N–H and O–H groups in total. The van der Waals surface area contributed by atoms with Crippen molar-refractivity contribution >= 4 is 10.9 Å². The lowest BCUT2D eigenvalue weighted by atomic mass is 10.2. The number of hydrogen-bond donors (Lipinski definition) is 1. The first-order valence-electron chi connectivity index (χ1n) is 4.40. The van der Waals surface area contributed by atoms with Crippen molar-refractivity contribution in [1.29, 1.82) is 0 Å². The lowest BCUT2D eigenvalue weighted by Gasteiger charge is -1.95. The van der Waals surface area contributed by atoms with E-state index >= 15 is 0 Å². The fraction of sp³-hybridized carbons (Fsp3) is 0.182. The van der Waals surface area contributed by atoms with Crippen molar-refractivity contribution in [3.8, 4) is 5.75 Å². The molecule has 0 aliphatic rings. The molecule has 0 saturated carbocycles. The van der Waals surface area contributed by atoms with E-state index in [4.69, 9.17) is 5.11 Å². The van der Waals surface area contributed by atoms with Gasteiger partial charge in [0.1, 0.15) is 5.75 Å². The highest BCUT2D eigenvalue weighted by molar-refractivity contribution is 5.79. The summed E-state index contributed by atoms with van der Waals surface area (Å²) in [6, 6.07) is 9.37. The number of fused-ring (bicyclic) bond motifs is 1. The molecule has 1 aromatic heterocycles. The van der Waals surface area contributed by atoms with E-state index in [1.165, 1.54) is 6.20 Å². The number of rotatable bonds is 0. The molecule has 2 rings (SSSR count). The molecule has 0 fully saturated rings. The summed E-state index contributed by atoms with van der Waals surface area (Å²) in [6.07, 6.45) is 1.45. The predicted octanol–water partition coefficient (Wildman–Crippen LogP) is 2.97. The molecule has 0 saturated heterocycles. The van der Waals surface area contributed by atoms with Crippen LogP contribution in [0.4, 0.5) is 0 Å². The summed E-state index contributed by atoms with van der Waals surface area (Å²) in [5.74, 6) is 0.212. The number of nitrogens with zero attached hydrogens (tertiary/aromatic N) is 1. The number of aromatic hydroxyl groups is 1. The number of benzene rings is 1. The fourth-order valence-corrected chi connectivity index (χ4v) is 1.06. The van der Waals surface area contributed by atoms with Gasteiger partial charge in [0.25, 0.3) is 0 Å². The molecule has 0 aliphatic carbocycles. The first-order chi connectivity index (χ1) is 6.36. The minimum absolute atomic E-state index is 0.212. The lowest BCUT2D eigenvalue weighted by molar-refractivity contribution is 0.474. The standard InChI is InChI=1S/C9H7NO.C2H6/c11-8-5-7-3-1-2-4-9(7)10-6-8;1-2/h1-6,11H;1-2H3. The molecule has 0 unspecified atom stereocenters. The van der Waals surface area contributed by atoms with Gasteiger partial charge in [-0.3, -0.25) is 4.98 Å². The highest BCUT2D eigenvalue weighted by atomic mass is 16.3. The summed E-state index contributed by atoms with van der Waals surface area (Å²) < 4.78 is 0. The van der Waals surface area contributed by atoms with Crippen molar-refractivity contribution in [2.75, 3.05) is 0 Å². The normalized spacial score (nSPS) is 9.08. The zero-order valence-electron chi connectivity index (χ0n) is 7.86. The van der Waals surface area contributed by atoms with Crippen molar-refractivity contribution in [1.82, 2.24) is 4.98 Å². The van der Waals surface area contributed by atoms with Gasteiger partial charge in [-0.05, 0) is 12.1 Å². The van der Waals surface area contributed by atoms with Crippen molar-refractivity contribution in [2.24, 2.45) is 0 Å². The van der Waals surface area contributed by atoms with E-state index in [1.54, 1.807) is 6.07 Å². The molecule has 0 spiro atoms. The Balaban J connectivity index is 0.000000396. The summed E-state index contributed by atoms with van der Waals surface area (Å²) in [6.45, 7) is 4.00. The van der Waals surface area contributed by atoms with Crippen LogP contribution in [0.1, 0.15) is 13.8 Å². The summed E-state index contributed by atoms with van der Waals surface area (Å²) in [7, 11) is 0. The Bertz CT molecular complexity index is 385. The van der Waals surface area contributed by atoms with Crippen LogP contribution in [0.5, 0.6) is 5.75 Å². The Hall–Kier alpha value is -1.57. The summed E-state index contributed by atoms with van der Waals surface area (Å²) in [5, 5.41) is 10.0. The molecule has 1 heterocycles. The SMILES string of the molecule is CC.Oc1cnc2ccccc2c1. The summed E-state index contributed by atoms with van der Waals surface area (Å²) in [5.41, 5.74) is 0.908. The second-order valence-corrected chi connectivity index (χ2v) is 2.39. The highest BCUT2D eigenvalue weighted by Gasteiger charge is 1.92. The highest BCUT2D eigenvalue weighted by Crippen LogP contribution is 2.15. The summed E-state index contributed by atoms with van der Waals surface area (Å²) in [4.78, 5) is 4.03. The van der Waals surface area contributed by atoms with E-state index in [2.05, 4.69) is 4.98 Å². The third kappa shape index (κ3) is 2.18. The second-order valence-electron chi connectivity index (χ2n) is 2.39. The van der Waals surface area contributed by atoms with Crippen LogP contribution in [0.3, 0.4) is 0 Å². The number of pyridine rings is 1. The molecule has 2 aromatic rings. The smallest absolute Gasteiger partial charge is 0.134 e. The minimum Gasteiger partial charge on any atom is -0.506 e. The van der Waals surface area contributed by atoms with Crippen LogP contribution in [0, 0.1) is 0 Å². The molecular weight excluding hydrogens is 162 g/mol. The molecule has 0 amide bonds. The maximum atomic E-state index is 9.07.